The van der Waals surface area contributed by atoms with Crippen LogP contribution in [0.25, 0.3) is 0 Å². The number of carbonyl (C=O) groups is 2. The first kappa shape index (κ1) is 17.5. The van der Waals surface area contributed by atoms with Gasteiger partial charge in [-0.25, -0.2) is 0 Å². The molecule has 3 rings (SSSR count). The summed E-state index contributed by atoms with van der Waals surface area (Å²) in [5.41, 5.74) is 2.51. The third-order valence-electron chi connectivity index (χ3n) is 4.31. The zero-order chi connectivity index (χ0) is 18.5. The van der Waals surface area contributed by atoms with Crippen LogP contribution in [0.2, 0.25) is 0 Å². The summed E-state index contributed by atoms with van der Waals surface area (Å²) in [4.78, 5) is 26.1. The van der Waals surface area contributed by atoms with Gasteiger partial charge in [0.15, 0.2) is 0 Å². The molecule has 1 heterocycles. The largest absolute Gasteiger partial charge is 0.374 e. The fourth-order valence-corrected chi connectivity index (χ4v) is 2.93. The molecule has 1 aliphatic rings. The maximum absolute atomic E-state index is 12.4. The molecule has 132 valence electrons. The topological polar surface area (TPSA) is 85.2 Å². The summed E-state index contributed by atoms with van der Waals surface area (Å²) in [6, 6.07) is 15.9. The number of nitrogens with zero attached hydrogens (tertiary/aromatic N) is 2. The summed E-state index contributed by atoms with van der Waals surface area (Å²) < 4.78 is 0. The first-order chi connectivity index (χ1) is 12.6. The number of nitriles is 1. The molecule has 6 nitrogen and oxygen atoms in total. The SMILES string of the molecule is C[C@@H](Nc1cccc(N2CCCC2=O)c1)C(=O)Nc1ccccc1C#N. The van der Waals surface area contributed by atoms with Gasteiger partial charge in [-0.1, -0.05) is 18.2 Å². The predicted octanol–water partition coefficient (Wildman–Crippen LogP) is 3.12. The van der Waals surface area contributed by atoms with Gasteiger partial charge in [-0.2, -0.15) is 5.26 Å². The average Bonchev–Trinajstić information content (AvgIpc) is 3.08. The van der Waals surface area contributed by atoms with Crippen molar-refractivity contribution in [3.05, 3.63) is 54.1 Å². The Morgan fingerprint density at radius 1 is 1.23 bits per heavy atom. The van der Waals surface area contributed by atoms with Gasteiger partial charge in [0, 0.05) is 24.3 Å². The summed E-state index contributed by atoms with van der Waals surface area (Å²) in [5, 5.41) is 15.0. The second-order valence-electron chi connectivity index (χ2n) is 6.21. The number of amides is 2. The smallest absolute Gasteiger partial charge is 0.246 e. The van der Waals surface area contributed by atoms with E-state index in [1.165, 1.54) is 0 Å². The second-order valence-corrected chi connectivity index (χ2v) is 6.21. The van der Waals surface area contributed by atoms with Crippen LogP contribution in [-0.4, -0.2) is 24.4 Å². The minimum atomic E-state index is -0.508. The number of hydrogen-bond donors (Lipinski definition) is 2. The van der Waals surface area contributed by atoms with E-state index >= 15 is 0 Å². The number of rotatable bonds is 5. The Morgan fingerprint density at radius 3 is 2.77 bits per heavy atom. The number of para-hydroxylation sites is 1. The summed E-state index contributed by atoms with van der Waals surface area (Å²) in [6.45, 7) is 2.47. The molecule has 6 heteroatoms. The zero-order valence-corrected chi connectivity index (χ0v) is 14.5. The Morgan fingerprint density at radius 2 is 2.04 bits per heavy atom. The van der Waals surface area contributed by atoms with Crippen LogP contribution in [0, 0.1) is 11.3 Å². The molecule has 0 aromatic heterocycles. The first-order valence-corrected chi connectivity index (χ1v) is 8.55. The standard InChI is InChI=1S/C20H20N4O2/c1-14(20(26)23-18-9-3-2-6-15(18)13-21)22-16-7-4-8-17(12-16)24-11-5-10-19(24)25/h2-4,6-9,12,14,22H,5,10-11H2,1H3,(H,23,26)/t14-/m1/s1. The van der Waals surface area contributed by atoms with Crippen LogP contribution in [-0.2, 0) is 9.59 Å². The lowest BCUT2D eigenvalue weighted by Gasteiger charge is -2.19. The van der Waals surface area contributed by atoms with Crippen molar-refractivity contribution >= 4 is 28.9 Å². The summed E-state index contributed by atoms with van der Waals surface area (Å²) >= 11 is 0. The van der Waals surface area contributed by atoms with Gasteiger partial charge >= 0.3 is 0 Å². The van der Waals surface area contributed by atoms with Crippen LogP contribution < -0.4 is 15.5 Å². The lowest BCUT2D eigenvalue weighted by molar-refractivity contribution is -0.117. The lowest BCUT2D eigenvalue weighted by Crippen LogP contribution is -2.32. The van der Waals surface area contributed by atoms with Crippen molar-refractivity contribution < 1.29 is 9.59 Å². The van der Waals surface area contributed by atoms with Gasteiger partial charge in [-0.15, -0.1) is 0 Å². The number of hydrogen-bond acceptors (Lipinski definition) is 4. The Balaban J connectivity index is 1.68. The highest BCUT2D eigenvalue weighted by molar-refractivity contribution is 5.98. The van der Waals surface area contributed by atoms with E-state index in [2.05, 4.69) is 16.7 Å². The van der Waals surface area contributed by atoms with E-state index in [4.69, 9.17) is 5.26 Å². The van der Waals surface area contributed by atoms with Crippen LogP contribution in [0.3, 0.4) is 0 Å². The molecule has 1 saturated heterocycles. The molecule has 1 atom stereocenters. The molecule has 0 spiro atoms. The molecule has 2 aromatic carbocycles. The molecule has 2 aromatic rings. The van der Waals surface area contributed by atoms with E-state index in [0.717, 1.165) is 24.3 Å². The Bertz CT molecular complexity index is 872. The van der Waals surface area contributed by atoms with Crippen molar-refractivity contribution in [2.75, 3.05) is 22.1 Å². The summed E-state index contributed by atoms with van der Waals surface area (Å²) in [7, 11) is 0. The van der Waals surface area contributed by atoms with Crippen LogP contribution in [0.15, 0.2) is 48.5 Å². The van der Waals surface area contributed by atoms with Crippen LogP contribution in [0.4, 0.5) is 17.1 Å². The van der Waals surface area contributed by atoms with Gasteiger partial charge in [-0.05, 0) is 43.7 Å². The van der Waals surface area contributed by atoms with Gasteiger partial charge in [0.25, 0.3) is 0 Å². The molecule has 0 saturated carbocycles. The van der Waals surface area contributed by atoms with Gasteiger partial charge in [0.05, 0.1) is 11.3 Å². The molecular weight excluding hydrogens is 328 g/mol. The highest BCUT2D eigenvalue weighted by Crippen LogP contribution is 2.24. The Hall–Kier alpha value is -3.33. The van der Waals surface area contributed by atoms with Crippen molar-refractivity contribution in [2.45, 2.75) is 25.8 Å². The van der Waals surface area contributed by atoms with Crippen molar-refractivity contribution in [3.63, 3.8) is 0 Å². The lowest BCUT2D eigenvalue weighted by atomic mass is 10.2. The van der Waals surface area contributed by atoms with E-state index in [1.807, 2.05) is 24.3 Å². The summed E-state index contributed by atoms with van der Waals surface area (Å²) in [6.07, 6.45) is 1.45. The van der Waals surface area contributed by atoms with Gasteiger partial charge in [0.2, 0.25) is 11.8 Å². The van der Waals surface area contributed by atoms with Crippen molar-refractivity contribution in [1.29, 1.82) is 5.26 Å². The number of nitrogens with one attached hydrogen (secondary N) is 2. The maximum Gasteiger partial charge on any atom is 0.246 e. The highest BCUT2D eigenvalue weighted by atomic mass is 16.2. The van der Waals surface area contributed by atoms with Crippen molar-refractivity contribution in [3.8, 4) is 6.07 Å². The molecule has 0 aliphatic carbocycles. The minimum Gasteiger partial charge on any atom is -0.374 e. The Kier molecular flexibility index (Phi) is 5.18. The molecule has 1 fully saturated rings. The normalized spacial score (nSPS) is 14.6. The predicted molar refractivity (Wildman–Crippen MR) is 101 cm³/mol. The molecule has 2 amide bonds. The molecule has 1 aliphatic heterocycles. The van der Waals surface area contributed by atoms with Crippen molar-refractivity contribution in [1.82, 2.24) is 0 Å². The highest BCUT2D eigenvalue weighted by Gasteiger charge is 2.22. The van der Waals surface area contributed by atoms with Gasteiger partial charge < -0.3 is 15.5 Å². The first-order valence-electron chi connectivity index (χ1n) is 8.55. The maximum atomic E-state index is 12.4. The molecule has 0 bridgehead atoms. The van der Waals surface area contributed by atoms with Gasteiger partial charge in [-0.3, -0.25) is 9.59 Å². The molecule has 2 N–H and O–H groups in total. The van der Waals surface area contributed by atoms with E-state index in [9.17, 15) is 9.59 Å². The quantitative estimate of drug-likeness (QED) is 0.869. The summed E-state index contributed by atoms with van der Waals surface area (Å²) in [5.74, 6) is -0.114. The van der Waals surface area contributed by atoms with Crippen LogP contribution in [0.1, 0.15) is 25.3 Å². The third kappa shape index (κ3) is 3.83. The fourth-order valence-electron chi connectivity index (χ4n) is 2.93. The number of anilines is 3. The molecular formula is C20H20N4O2. The molecule has 0 radical (unpaired) electrons. The Labute approximate surface area is 152 Å². The number of carbonyl (C=O) groups excluding carboxylic acids is 2. The fraction of sp³-hybridized carbons (Fsp3) is 0.250. The zero-order valence-electron chi connectivity index (χ0n) is 14.5. The van der Waals surface area contributed by atoms with Crippen LogP contribution >= 0.6 is 0 Å². The van der Waals surface area contributed by atoms with Crippen molar-refractivity contribution in [2.24, 2.45) is 0 Å². The van der Waals surface area contributed by atoms with E-state index in [-0.39, 0.29) is 11.8 Å². The van der Waals surface area contributed by atoms with E-state index < -0.39 is 6.04 Å². The third-order valence-corrected chi connectivity index (χ3v) is 4.31. The molecule has 0 unspecified atom stereocenters. The monoisotopic (exact) mass is 348 g/mol. The second kappa shape index (κ2) is 7.70. The number of benzene rings is 2. The average molecular weight is 348 g/mol. The van der Waals surface area contributed by atoms with Crippen LogP contribution in [0.5, 0.6) is 0 Å². The van der Waals surface area contributed by atoms with E-state index in [1.54, 1.807) is 36.1 Å². The minimum absolute atomic E-state index is 0.126. The van der Waals surface area contributed by atoms with E-state index in [0.29, 0.717) is 17.7 Å². The van der Waals surface area contributed by atoms with Gasteiger partial charge in [0.1, 0.15) is 12.1 Å². The molecule has 26 heavy (non-hydrogen) atoms.